The van der Waals surface area contributed by atoms with Crippen molar-refractivity contribution in [3.63, 3.8) is 0 Å². The van der Waals surface area contributed by atoms with Crippen molar-refractivity contribution in [2.75, 3.05) is 33.0 Å². The maximum Gasteiger partial charge on any atom is 0.335 e. The van der Waals surface area contributed by atoms with E-state index in [0.717, 1.165) is 9.79 Å². The number of aliphatic hydroxyl groups is 1. The molecule has 2 aliphatic heterocycles. The highest BCUT2D eigenvalue weighted by Gasteiger charge is 2.26. The highest BCUT2D eigenvalue weighted by molar-refractivity contribution is 7.99. The third kappa shape index (κ3) is 9.64. The van der Waals surface area contributed by atoms with Gasteiger partial charge in [-0.2, -0.15) is 0 Å². The molecule has 1 N–H and O–H groups in total. The predicted molar refractivity (Wildman–Crippen MR) is 141 cm³/mol. The first-order chi connectivity index (χ1) is 18.7. The number of epoxide rings is 2. The topological polar surface area (TPSA) is 137 Å². The second kappa shape index (κ2) is 13.4. The number of hydrogen-bond donors (Lipinski definition) is 1. The number of nitrogens with zero attached hydrogens (tertiary/aromatic N) is 1. The number of ketones is 2. The molecule has 2 heterocycles. The van der Waals surface area contributed by atoms with E-state index in [1.54, 1.807) is 48.5 Å². The van der Waals surface area contributed by atoms with E-state index in [-0.39, 0.29) is 36.9 Å². The summed E-state index contributed by atoms with van der Waals surface area (Å²) in [6, 6.07) is 13.9. The summed E-state index contributed by atoms with van der Waals surface area (Å²) < 4.78 is 20.9. The zero-order valence-corrected chi connectivity index (χ0v) is 22.6. The molecular weight excluding hydrogens is 526 g/mol. The fourth-order valence-corrected chi connectivity index (χ4v) is 4.12. The molecule has 2 atom stereocenters. The molecule has 2 aromatic carbocycles. The highest BCUT2D eigenvalue weighted by Crippen LogP contribution is 2.28. The van der Waals surface area contributed by atoms with Gasteiger partial charge in [0.05, 0.1) is 32.8 Å². The Balaban J connectivity index is 1.33. The van der Waals surface area contributed by atoms with Gasteiger partial charge in [0.2, 0.25) is 5.78 Å². The smallest absolute Gasteiger partial charge is 0.335 e. The molecule has 0 aliphatic carbocycles. The first kappa shape index (κ1) is 29.1. The minimum Gasteiger partial charge on any atom is -0.382 e. The number of rotatable bonds is 16. The van der Waals surface area contributed by atoms with Gasteiger partial charge in [0.1, 0.15) is 18.3 Å². The van der Waals surface area contributed by atoms with Crippen molar-refractivity contribution in [3.05, 3.63) is 59.7 Å². The molecule has 10 nitrogen and oxygen atoms in total. The second-order valence-corrected chi connectivity index (χ2v) is 10.7. The van der Waals surface area contributed by atoms with Crippen molar-refractivity contribution in [1.82, 2.24) is 0 Å². The molecule has 2 unspecified atom stereocenters. The summed E-state index contributed by atoms with van der Waals surface area (Å²) >= 11 is 1.46. The Labute approximate surface area is 230 Å². The molecule has 0 aromatic heterocycles. The molecule has 39 heavy (non-hydrogen) atoms. The predicted octanol–water partition coefficient (Wildman–Crippen LogP) is 3.44. The molecule has 11 heteroatoms. The highest BCUT2D eigenvalue weighted by atomic mass is 32.2. The summed E-state index contributed by atoms with van der Waals surface area (Å²) in [4.78, 5) is 44.1. The molecule has 0 bridgehead atoms. The van der Waals surface area contributed by atoms with Gasteiger partial charge in [0, 0.05) is 20.9 Å². The molecular formula is C28H31NO9S. The van der Waals surface area contributed by atoms with Crippen LogP contribution >= 0.6 is 11.8 Å². The first-order valence-corrected chi connectivity index (χ1v) is 13.4. The van der Waals surface area contributed by atoms with E-state index in [2.05, 4.69) is 5.16 Å². The normalized spacial score (nSPS) is 18.5. The standard InChI is InChI=1S/C28H31NO9S/c1-28(2,33)27(32)19-7-11-22(12-8-19)39-21-9-5-18(6-10-21)26(31)23(16-34-14-20-15-36-20)29-38-24(30)4-3-13-35-25-17-37-25/h5-12,20,25,33H,3-4,13-17H2,1-2H3/b29-23+. The Morgan fingerprint density at radius 2 is 1.62 bits per heavy atom. The number of oxime groups is 1. The van der Waals surface area contributed by atoms with E-state index in [1.165, 1.54) is 25.6 Å². The van der Waals surface area contributed by atoms with Crippen LogP contribution in [0.3, 0.4) is 0 Å². The van der Waals surface area contributed by atoms with Gasteiger partial charge < -0.3 is 28.9 Å². The minimum absolute atomic E-state index is 0.0120. The van der Waals surface area contributed by atoms with Crippen LogP contribution in [-0.4, -0.2) is 79.4 Å². The van der Waals surface area contributed by atoms with Gasteiger partial charge in [-0.25, -0.2) is 4.79 Å². The number of Topliss-reactive ketones (excluding diaryl/α,β-unsaturated/α-hetero) is 2. The Bertz CT molecular complexity index is 1180. The van der Waals surface area contributed by atoms with Gasteiger partial charge in [-0.3, -0.25) is 9.59 Å². The molecule has 2 aromatic rings. The summed E-state index contributed by atoms with van der Waals surface area (Å²) in [7, 11) is 0. The fourth-order valence-electron chi connectivity index (χ4n) is 3.31. The molecule has 2 aliphatic rings. The molecule has 2 fully saturated rings. The third-order valence-electron chi connectivity index (χ3n) is 5.62. The summed E-state index contributed by atoms with van der Waals surface area (Å²) in [5, 5.41) is 13.7. The van der Waals surface area contributed by atoms with Crippen molar-refractivity contribution < 1.29 is 43.3 Å². The Morgan fingerprint density at radius 3 is 2.18 bits per heavy atom. The van der Waals surface area contributed by atoms with Crippen LogP contribution in [-0.2, 0) is 28.6 Å². The third-order valence-corrected chi connectivity index (χ3v) is 6.64. The molecule has 0 saturated carbocycles. The largest absolute Gasteiger partial charge is 0.382 e. The molecule has 4 rings (SSSR count). The van der Waals surface area contributed by atoms with Gasteiger partial charge in [-0.1, -0.05) is 29.1 Å². The number of benzene rings is 2. The lowest BCUT2D eigenvalue weighted by Gasteiger charge is -2.15. The van der Waals surface area contributed by atoms with E-state index in [9.17, 15) is 19.5 Å². The zero-order chi connectivity index (χ0) is 27.8. The van der Waals surface area contributed by atoms with Crippen molar-refractivity contribution in [2.45, 2.75) is 54.5 Å². The quantitative estimate of drug-likeness (QED) is 0.0816. The molecule has 208 valence electrons. The van der Waals surface area contributed by atoms with E-state index in [4.69, 9.17) is 23.8 Å². The molecule has 0 amide bonds. The van der Waals surface area contributed by atoms with Crippen LogP contribution in [0, 0.1) is 0 Å². The van der Waals surface area contributed by atoms with Crippen molar-refractivity contribution in [1.29, 1.82) is 0 Å². The van der Waals surface area contributed by atoms with Gasteiger partial charge >= 0.3 is 5.97 Å². The maximum atomic E-state index is 13.1. The average Bonchev–Trinajstić information content (AvgIpc) is 3.84. The van der Waals surface area contributed by atoms with E-state index >= 15 is 0 Å². The second-order valence-electron chi connectivity index (χ2n) is 9.58. The summed E-state index contributed by atoms with van der Waals surface area (Å²) in [6.07, 6.45) is 0.382. The van der Waals surface area contributed by atoms with Crippen LogP contribution in [0.4, 0.5) is 0 Å². The molecule has 0 spiro atoms. The first-order valence-electron chi connectivity index (χ1n) is 12.6. The Morgan fingerprint density at radius 1 is 1.00 bits per heavy atom. The number of carbonyl (C=O) groups is 3. The van der Waals surface area contributed by atoms with Crippen molar-refractivity contribution in [3.8, 4) is 0 Å². The summed E-state index contributed by atoms with van der Waals surface area (Å²) in [6.45, 7) is 4.66. The fraction of sp³-hybridized carbons (Fsp3) is 0.429. The molecule has 2 saturated heterocycles. The van der Waals surface area contributed by atoms with Crippen LogP contribution in [0.2, 0.25) is 0 Å². The zero-order valence-electron chi connectivity index (χ0n) is 21.8. The van der Waals surface area contributed by atoms with Gasteiger partial charge in [-0.15, -0.1) is 0 Å². The van der Waals surface area contributed by atoms with Crippen LogP contribution in [0.1, 0.15) is 47.4 Å². The number of carbonyl (C=O) groups excluding carboxylic acids is 3. The van der Waals surface area contributed by atoms with Crippen molar-refractivity contribution in [2.24, 2.45) is 5.16 Å². The lowest BCUT2D eigenvalue weighted by atomic mass is 9.97. The van der Waals surface area contributed by atoms with Gasteiger partial charge in [0.25, 0.3) is 0 Å². The monoisotopic (exact) mass is 557 g/mol. The minimum atomic E-state index is -1.44. The van der Waals surface area contributed by atoms with Crippen LogP contribution < -0.4 is 0 Å². The van der Waals surface area contributed by atoms with Crippen LogP contribution in [0.15, 0.2) is 63.5 Å². The summed E-state index contributed by atoms with van der Waals surface area (Å²) in [5.41, 5.74) is -0.672. The maximum absolute atomic E-state index is 13.1. The van der Waals surface area contributed by atoms with Crippen LogP contribution in [0.25, 0.3) is 0 Å². The number of ether oxygens (including phenoxy) is 4. The van der Waals surface area contributed by atoms with Crippen molar-refractivity contribution >= 4 is 35.0 Å². The lowest BCUT2D eigenvalue weighted by Crippen LogP contribution is -2.30. The SMILES string of the molecule is CC(C)(O)C(=O)c1ccc(Sc2ccc(C(=O)/C(COCC3CO3)=N/OC(=O)CCCOC3CO3)cc2)cc1. The van der Waals surface area contributed by atoms with E-state index < -0.39 is 17.4 Å². The van der Waals surface area contributed by atoms with Gasteiger partial charge in [-0.05, 0) is 56.7 Å². The average molecular weight is 558 g/mol. The number of hydrogen-bond acceptors (Lipinski definition) is 11. The van der Waals surface area contributed by atoms with E-state index in [0.29, 0.717) is 44.0 Å². The Kier molecular flexibility index (Phi) is 10.0. The Hall–Kier alpha value is -2.93. The van der Waals surface area contributed by atoms with Gasteiger partial charge in [0.15, 0.2) is 17.8 Å². The van der Waals surface area contributed by atoms with Crippen LogP contribution in [0.5, 0.6) is 0 Å². The van der Waals surface area contributed by atoms with E-state index in [1.807, 2.05) is 0 Å². The summed E-state index contributed by atoms with van der Waals surface area (Å²) in [5.74, 6) is -1.34. The lowest BCUT2D eigenvalue weighted by molar-refractivity contribution is -0.144. The molecule has 0 radical (unpaired) electrons.